The van der Waals surface area contributed by atoms with E-state index in [9.17, 15) is 14.7 Å². The normalized spacial score (nSPS) is 21.1. The van der Waals surface area contributed by atoms with E-state index in [0.29, 0.717) is 25.8 Å². The van der Waals surface area contributed by atoms with Crippen molar-refractivity contribution in [2.45, 2.75) is 38.6 Å². The van der Waals surface area contributed by atoms with Crippen molar-refractivity contribution in [1.82, 2.24) is 4.90 Å². The SMILES string of the molecule is CCN(C(C)=O)C1(C(=O)O)CCc2cc(Br)ccc2C1. The van der Waals surface area contributed by atoms with Gasteiger partial charge in [-0.3, -0.25) is 4.79 Å². The van der Waals surface area contributed by atoms with Crippen LogP contribution in [0.2, 0.25) is 0 Å². The van der Waals surface area contributed by atoms with Gasteiger partial charge in [0.25, 0.3) is 0 Å². The molecule has 0 bridgehead atoms. The predicted octanol–water partition coefficient (Wildman–Crippen LogP) is 2.63. The van der Waals surface area contributed by atoms with Gasteiger partial charge in [-0.15, -0.1) is 0 Å². The molecule has 0 heterocycles. The molecule has 1 amide bonds. The van der Waals surface area contributed by atoms with Crippen molar-refractivity contribution in [2.75, 3.05) is 6.54 Å². The number of aliphatic carboxylic acids is 1. The van der Waals surface area contributed by atoms with Crippen LogP contribution < -0.4 is 0 Å². The summed E-state index contributed by atoms with van der Waals surface area (Å²) in [5.74, 6) is -1.10. The molecule has 108 valence electrons. The van der Waals surface area contributed by atoms with Gasteiger partial charge in [0.05, 0.1) is 0 Å². The lowest BCUT2D eigenvalue weighted by molar-refractivity contribution is -0.159. The first-order valence-corrected chi connectivity index (χ1v) is 7.49. The fraction of sp³-hybridized carbons (Fsp3) is 0.467. The van der Waals surface area contributed by atoms with E-state index in [0.717, 1.165) is 15.6 Å². The van der Waals surface area contributed by atoms with Crippen LogP contribution in [0.4, 0.5) is 0 Å². The summed E-state index contributed by atoms with van der Waals surface area (Å²) in [6.45, 7) is 3.67. The van der Waals surface area contributed by atoms with Gasteiger partial charge >= 0.3 is 5.97 Å². The lowest BCUT2D eigenvalue weighted by Crippen LogP contribution is -2.59. The van der Waals surface area contributed by atoms with Crippen LogP contribution in [0.25, 0.3) is 0 Å². The van der Waals surface area contributed by atoms with E-state index in [2.05, 4.69) is 15.9 Å². The van der Waals surface area contributed by atoms with Gasteiger partial charge in [-0.05, 0) is 43.0 Å². The third-order valence-electron chi connectivity index (χ3n) is 4.07. The molecule has 0 fully saturated rings. The lowest BCUT2D eigenvalue weighted by Gasteiger charge is -2.42. The number of aryl methyl sites for hydroxylation is 1. The molecular formula is C15H18BrNO3. The van der Waals surface area contributed by atoms with E-state index in [-0.39, 0.29) is 5.91 Å². The van der Waals surface area contributed by atoms with E-state index in [1.54, 1.807) is 0 Å². The number of halogens is 1. The van der Waals surface area contributed by atoms with Gasteiger partial charge in [-0.1, -0.05) is 22.0 Å². The average molecular weight is 340 g/mol. The highest BCUT2D eigenvalue weighted by atomic mass is 79.9. The zero-order valence-electron chi connectivity index (χ0n) is 11.6. The van der Waals surface area contributed by atoms with Crippen LogP contribution in [-0.2, 0) is 22.4 Å². The van der Waals surface area contributed by atoms with Crippen LogP contribution in [0.1, 0.15) is 31.4 Å². The number of carbonyl (C=O) groups excluding carboxylic acids is 1. The maximum atomic E-state index is 11.9. The molecule has 0 radical (unpaired) electrons. The Kier molecular flexibility index (Phi) is 4.18. The minimum absolute atomic E-state index is 0.185. The molecule has 2 rings (SSSR count). The summed E-state index contributed by atoms with van der Waals surface area (Å²) in [7, 11) is 0. The number of hydrogen-bond acceptors (Lipinski definition) is 2. The monoisotopic (exact) mass is 339 g/mol. The van der Waals surface area contributed by atoms with Gasteiger partial charge in [0.1, 0.15) is 5.54 Å². The summed E-state index contributed by atoms with van der Waals surface area (Å²) in [5.41, 5.74) is 1.07. The van der Waals surface area contributed by atoms with Gasteiger partial charge in [0, 0.05) is 24.4 Å². The van der Waals surface area contributed by atoms with Crippen molar-refractivity contribution in [1.29, 1.82) is 0 Å². The molecule has 0 aromatic heterocycles. The van der Waals surface area contributed by atoms with Crippen molar-refractivity contribution in [3.63, 3.8) is 0 Å². The summed E-state index contributed by atoms with van der Waals surface area (Å²) >= 11 is 3.43. The van der Waals surface area contributed by atoms with Crippen LogP contribution in [-0.4, -0.2) is 34.0 Å². The zero-order chi connectivity index (χ0) is 14.9. The van der Waals surface area contributed by atoms with Crippen molar-refractivity contribution in [2.24, 2.45) is 0 Å². The second kappa shape index (κ2) is 5.56. The minimum Gasteiger partial charge on any atom is -0.479 e. The van der Waals surface area contributed by atoms with Crippen molar-refractivity contribution < 1.29 is 14.7 Å². The van der Waals surface area contributed by atoms with Gasteiger partial charge in [0.2, 0.25) is 5.91 Å². The molecule has 0 aliphatic heterocycles. The van der Waals surface area contributed by atoms with Crippen molar-refractivity contribution in [3.05, 3.63) is 33.8 Å². The number of carboxylic acid groups (broad SMARTS) is 1. The van der Waals surface area contributed by atoms with E-state index in [4.69, 9.17) is 0 Å². The highest BCUT2D eigenvalue weighted by Crippen LogP contribution is 2.35. The van der Waals surface area contributed by atoms with Gasteiger partial charge < -0.3 is 10.0 Å². The molecule has 1 aliphatic rings. The first kappa shape index (κ1) is 15.0. The third-order valence-corrected chi connectivity index (χ3v) is 4.56. The molecule has 0 saturated carbocycles. The van der Waals surface area contributed by atoms with E-state index in [1.807, 2.05) is 25.1 Å². The predicted molar refractivity (Wildman–Crippen MR) is 79.6 cm³/mol. The highest BCUT2D eigenvalue weighted by Gasteiger charge is 2.47. The maximum Gasteiger partial charge on any atom is 0.329 e. The van der Waals surface area contributed by atoms with Crippen LogP contribution in [0.15, 0.2) is 22.7 Å². The first-order chi connectivity index (χ1) is 9.40. The number of carbonyl (C=O) groups is 2. The Bertz CT molecular complexity index is 558. The molecule has 1 atom stereocenters. The fourth-order valence-corrected chi connectivity index (χ4v) is 3.51. The molecule has 1 aromatic carbocycles. The number of rotatable bonds is 3. The minimum atomic E-state index is -1.11. The highest BCUT2D eigenvalue weighted by molar-refractivity contribution is 9.10. The Morgan fingerprint density at radius 3 is 2.65 bits per heavy atom. The second-order valence-electron chi connectivity index (χ2n) is 5.19. The number of carboxylic acids is 1. The smallest absolute Gasteiger partial charge is 0.329 e. The third kappa shape index (κ3) is 2.46. The number of hydrogen-bond donors (Lipinski definition) is 1. The summed E-state index contributed by atoms with van der Waals surface area (Å²) < 4.78 is 0.998. The van der Waals surface area contributed by atoms with E-state index in [1.165, 1.54) is 11.8 Å². The van der Waals surface area contributed by atoms with Crippen LogP contribution in [0.3, 0.4) is 0 Å². The molecule has 20 heavy (non-hydrogen) atoms. The number of fused-ring (bicyclic) bond motifs is 1. The summed E-state index contributed by atoms with van der Waals surface area (Å²) in [5, 5.41) is 9.72. The Balaban J connectivity index is 2.45. The molecule has 1 unspecified atom stereocenters. The molecular weight excluding hydrogens is 322 g/mol. The number of nitrogens with zero attached hydrogens (tertiary/aromatic N) is 1. The molecule has 1 aromatic rings. The molecule has 5 heteroatoms. The van der Waals surface area contributed by atoms with Gasteiger partial charge in [0.15, 0.2) is 0 Å². The van der Waals surface area contributed by atoms with Crippen molar-refractivity contribution >= 4 is 27.8 Å². The standard InChI is InChI=1S/C15H18BrNO3/c1-3-17(10(2)18)15(14(19)20)7-6-11-8-13(16)5-4-12(11)9-15/h4-5,8H,3,6-7,9H2,1-2H3,(H,19,20). The molecule has 1 aliphatic carbocycles. The van der Waals surface area contributed by atoms with Gasteiger partial charge in [-0.2, -0.15) is 0 Å². The number of amides is 1. The lowest BCUT2D eigenvalue weighted by atomic mass is 9.76. The second-order valence-corrected chi connectivity index (χ2v) is 6.11. The zero-order valence-corrected chi connectivity index (χ0v) is 13.2. The summed E-state index contributed by atoms with van der Waals surface area (Å²) in [6, 6.07) is 5.90. The molecule has 4 nitrogen and oxygen atoms in total. The van der Waals surface area contributed by atoms with Crippen LogP contribution >= 0.6 is 15.9 Å². The van der Waals surface area contributed by atoms with Crippen LogP contribution in [0, 0.1) is 0 Å². The largest absolute Gasteiger partial charge is 0.479 e. The first-order valence-electron chi connectivity index (χ1n) is 6.69. The molecule has 0 saturated heterocycles. The Hall–Kier alpha value is -1.36. The average Bonchev–Trinajstić information content (AvgIpc) is 2.39. The topological polar surface area (TPSA) is 57.6 Å². The quantitative estimate of drug-likeness (QED) is 0.920. The van der Waals surface area contributed by atoms with E-state index < -0.39 is 11.5 Å². The Morgan fingerprint density at radius 2 is 2.10 bits per heavy atom. The van der Waals surface area contributed by atoms with Crippen molar-refractivity contribution in [3.8, 4) is 0 Å². The van der Waals surface area contributed by atoms with Crippen LogP contribution in [0.5, 0.6) is 0 Å². The Morgan fingerprint density at radius 1 is 1.40 bits per heavy atom. The summed E-state index contributed by atoms with van der Waals surface area (Å²) in [4.78, 5) is 25.1. The molecule has 1 N–H and O–H groups in total. The maximum absolute atomic E-state index is 11.9. The summed E-state index contributed by atoms with van der Waals surface area (Å²) in [6.07, 6.45) is 1.50. The molecule has 0 spiro atoms. The Labute approximate surface area is 126 Å². The number of likely N-dealkylation sites (N-methyl/N-ethyl adjacent to an activating group) is 1. The van der Waals surface area contributed by atoms with E-state index >= 15 is 0 Å². The van der Waals surface area contributed by atoms with Gasteiger partial charge in [-0.25, -0.2) is 4.79 Å². The fourth-order valence-electron chi connectivity index (χ4n) is 3.10. The number of benzene rings is 1.